The van der Waals surface area contributed by atoms with Crippen LogP contribution in [0.3, 0.4) is 0 Å². The molecule has 0 bridgehead atoms. The van der Waals surface area contributed by atoms with Gasteiger partial charge in [0.1, 0.15) is 0 Å². The Morgan fingerprint density at radius 2 is 2.00 bits per heavy atom. The molecule has 1 rings (SSSR count). The molecule has 4 nitrogen and oxygen atoms in total. The minimum atomic E-state index is -1.34. The molecule has 0 spiro atoms. The summed E-state index contributed by atoms with van der Waals surface area (Å²) < 4.78 is 11.7. The van der Waals surface area contributed by atoms with Gasteiger partial charge >= 0.3 is 0 Å². The topological polar surface area (TPSA) is 65.8 Å². The van der Waals surface area contributed by atoms with E-state index in [1.807, 2.05) is 0 Å². The molecule has 0 aromatic heterocycles. The summed E-state index contributed by atoms with van der Waals surface area (Å²) in [4.78, 5) is 2.97. The van der Waals surface area contributed by atoms with E-state index >= 15 is 0 Å². The maximum Gasteiger partial charge on any atom is 0.0760 e. The van der Waals surface area contributed by atoms with E-state index in [2.05, 4.69) is 10.0 Å². The Bertz CT molecular complexity index is 412. The zero-order valence-corrected chi connectivity index (χ0v) is 9.89. The van der Waals surface area contributed by atoms with E-state index < -0.39 is 10.8 Å². The Morgan fingerprint density at radius 3 is 2.53 bits per heavy atom. The molecule has 0 fully saturated rings. The van der Waals surface area contributed by atoms with Crippen LogP contribution in [-0.4, -0.2) is 16.5 Å². The van der Waals surface area contributed by atoms with Crippen LogP contribution < -0.4 is 0 Å². The SMILES string of the molecule is [N-]=[N+]=NCCS(=O)c1c(Cl)cccc1Cl. The summed E-state index contributed by atoms with van der Waals surface area (Å²) in [6.07, 6.45) is 0. The van der Waals surface area contributed by atoms with Crippen molar-refractivity contribution in [2.24, 2.45) is 5.11 Å². The van der Waals surface area contributed by atoms with E-state index in [0.29, 0.717) is 14.9 Å². The van der Waals surface area contributed by atoms with Crippen molar-refractivity contribution in [3.63, 3.8) is 0 Å². The van der Waals surface area contributed by atoms with Crippen molar-refractivity contribution < 1.29 is 4.21 Å². The third-order valence-electron chi connectivity index (χ3n) is 1.59. The van der Waals surface area contributed by atoms with Gasteiger partial charge < -0.3 is 0 Å². The molecule has 1 unspecified atom stereocenters. The largest absolute Gasteiger partial charge is 0.254 e. The number of halogens is 2. The summed E-state index contributed by atoms with van der Waals surface area (Å²) in [5, 5.41) is 4.02. The van der Waals surface area contributed by atoms with Crippen molar-refractivity contribution in [1.82, 2.24) is 0 Å². The number of azide groups is 1. The first kappa shape index (κ1) is 12.3. The molecule has 15 heavy (non-hydrogen) atoms. The highest BCUT2D eigenvalue weighted by molar-refractivity contribution is 7.85. The highest BCUT2D eigenvalue weighted by Crippen LogP contribution is 2.27. The Kier molecular flexibility index (Phi) is 4.91. The summed E-state index contributed by atoms with van der Waals surface area (Å²) in [5.74, 6) is 0.216. The summed E-state index contributed by atoms with van der Waals surface area (Å²) in [5.41, 5.74) is 8.07. The van der Waals surface area contributed by atoms with Gasteiger partial charge in [-0.2, -0.15) is 0 Å². The molecule has 0 saturated carbocycles. The van der Waals surface area contributed by atoms with Gasteiger partial charge in [-0.3, -0.25) is 4.21 Å². The van der Waals surface area contributed by atoms with Crippen LogP contribution in [0.1, 0.15) is 0 Å². The molecule has 0 aliphatic rings. The van der Waals surface area contributed by atoms with E-state index in [4.69, 9.17) is 28.7 Å². The zero-order chi connectivity index (χ0) is 11.3. The first-order valence-corrected chi connectivity index (χ1v) is 6.07. The summed E-state index contributed by atoms with van der Waals surface area (Å²) in [6.45, 7) is 0.157. The monoisotopic (exact) mass is 263 g/mol. The van der Waals surface area contributed by atoms with Gasteiger partial charge in [0.05, 0.1) is 25.7 Å². The molecule has 0 saturated heterocycles. The van der Waals surface area contributed by atoms with Crippen LogP contribution in [0.25, 0.3) is 10.4 Å². The van der Waals surface area contributed by atoms with Crippen molar-refractivity contribution in [2.75, 3.05) is 12.3 Å². The second-order valence-electron chi connectivity index (χ2n) is 2.55. The fraction of sp³-hybridized carbons (Fsp3) is 0.250. The highest BCUT2D eigenvalue weighted by Gasteiger charge is 2.11. The molecule has 7 heteroatoms. The van der Waals surface area contributed by atoms with Crippen molar-refractivity contribution in [1.29, 1.82) is 0 Å². The van der Waals surface area contributed by atoms with Gasteiger partial charge in [-0.1, -0.05) is 34.4 Å². The number of benzene rings is 1. The second kappa shape index (κ2) is 5.98. The number of hydrogen-bond acceptors (Lipinski definition) is 2. The quantitative estimate of drug-likeness (QED) is 0.466. The van der Waals surface area contributed by atoms with Crippen LogP contribution in [0.15, 0.2) is 28.2 Å². The van der Waals surface area contributed by atoms with Crippen molar-refractivity contribution in [3.8, 4) is 0 Å². The van der Waals surface area contributed by atoms with Crippen molar-refractivity contribution in [2.45, 2.75) is 4.90 Å². The molecule has 0 aliphatic heterocycles. The predicted octanol–water partition coefficient (Wildman–Crippen LogP) is 3.41. The first-order valence-electron chi connectivity index (χ1n) is 4.00. The number of rotatable bonds is 4. The lowest BCUT2D eigenvalue weighted by molar-refractivity contribution is 0.682. The molecule has 1 aromatic rings. The molecule has 0 radical (unpaired) electrons. The minimum Gasteiger partial charge on any atom is -0.254 e. The van der Waals surface area contributed by atoms with E-state index in [1.54, 1.807) is 18.2 Å². The molecule has 0 amide bonds. The second-order valence-corrected chi connectivity index (χ2v) is 4.88. The summed E-state index contributed by atoms with van der Waals surface area (Å²) in [6, 6.07) is 4.92. The minimum absolute atomic E-state index is 0.157. The molecule has 1 atom stereocenters. The van der Waals surface area contributed by atoms with Gasteiger partial charge in [0.15, 0.2) is 0 Å². The molecular weight excluding hydrogens is 257 g/mol. The van der Waals surface area contributed by atoms with Crippen LogP contribution in [0.4, 0.5) is 0 Å². The molecule has 0 N–H and O–H groups in total. The van der Waals surface area contributed by atoms with Crippen molar-refractivity contribution >= 4 is 34.0 Å². The lowest BCUT2D eigenvalue weighted by atomic mass is 10.4. The van der Waals surface area contributed by atoms with E-state index in [-0.39, 0.29) is 12.3 Å². The lowest BCUT2D eigenvalue weighted by Gasteiger charge is -2.04. The van der Waals surface area contributed by atoms with Gasteiger partial charge in [-0.15, -0.1) is 0 Å². The van der Waals surface area contributed by atoms with Crippen LogP contribution in [0, 0.1) is 0 Å². The maximum absolute atomic E-state index is 11.7. The van der Waals surface area contributed by atoms with Gasteiger partial charge in [0.25, 0.3) is 0 Å². The maximum atomic E-state index is 11.7. The van der Waals surface area contributed by atoms with Crippen molar-refractivity contribution in [3.05, 3.63) is 38.7 Å². The summed E-state index contributed by atoms with van der Waals surface area (Å²) in [7, 11) is -1.34. The Hall–Kier alpha value is -0.740. The smallest absolute Gasteiger partial charge is 0.0760 e. The third kappa shape index (κ3) is 3.39. The average Bonchev–Trinajstić information content (AvgIpc) is 2.18. The van der Waals surface area contributed by atoms with Crippen LogP contribution >= 0.6 is 23.2 Å². The van der Waals surface area contributed by atoms with Gasteiger partial charge in [0.2, 0.25) is 0 Å². The Labute approximate surface area is 99.3 Å². The standard InChI is InChI=1S/C8H7Cl2N3OS/c9-6-2-1-3-7(10)8(6)15(14)5-4-12-13-11/h1-3H,4-5H2. The van der Waals surface area contributed by atoms with E-state index in [1.165, 1.54) is 0 Å². The van der Waals surface area contributed by atoms with Crippen LogP contribution in [0.5, 0.6) is 0 Å². The van der Waals surface area contributed by atoms with E-state index in [0.717, 1.165) is 0 Å². The van der Waals surface area contributed by atoms with Crippen LogP contribution in [0.2, 0.25) is 10.0 Å². The summed E-state index contributed by atoms with van der Waals surface area (Å²) >= 11 is 11.7. The van der Waals surface area contributed by atoms with Gasteiger partial charge in [0, 0.05) is 17.2 Å². The van der Waals surface area contributed by atoms with E-state index in [9.17, 15) is 4.21 Å². The Morgan fingerprint density at radius 1 is 1.40 bits per heavy atom. The third-order valence-corrected chi connectivity index (χ3v) is 3.89. The fourth-order valence-electron chi connectivity index (χ4n) is 0.971. The molecule has 0 heterocycles. The molecular formula is C8H7Cl2N3OS. The fourth-order valence-corrected chi connectivity index (χ4v) is 2.91. The normalized spacial score (nSPS) is 11.9. The van der Waals surface area contributed by atoms with Gasteiger partial charge in [-0.05, 0) is 17.7 Å². The molecule has 1 aromatic carbocycles. The first-order chi connectivity index (χ1) is 7.16. The number of hydrogen-bond donors (Lipinski definition) is 0. The predicted molar refractivity (Wildman–Crippen MR) is 61.8 cm³/mol. The molecule has 80 valence electrons. The average molecular weight is 264 g/mol. The van der Waals surface area contributed by atoms with Gasteiger partial charge in [-0.25, -0.2) is 0 Å². The Balaban J connectivity index is 2.86. The highest BCUT2D eigenvalue weighted by atomic mass is 35.5. The van der Waals surface area contributed by atoms with Crippen LogP contribution in [-0.2, 0) is 10.8 Å². The number of nitrogens with zero attached hydrogens (tertiary/aromatic N) is 3. The lowest BCUT2D eigenvalue weighted by Crippen LogP contribution is -2.02. The molecule has 0 aliphatic carbocycles. The zero-order valence-electron chi connectivity index (χ0n) is 7.56.